The molecule has 0 spiro atoms. The van der Waals surface area contributed by atoms with Gasteiger partial charge < -0.3 is 10.2 Å². The van der Waals surface area contributed by atoms with Crippen molar-refractivity contribution in [3.63, 3.8) is 0 Å². The van der Waals surface area contributed by atoms with Gasteiger partial charge in [0.15, 0.2) is 0 Å². The van der Waals surface area contributed by atoms with Crippen molar-refractivity contribution in [2.45, 2.75) is 26.3 Å². The summed E-state index contributed by atoms with van der Waals surface area (Å²) in [6, 6.07) is 5.06. The van der Waals surface area contributed by atoms with Crippen molar-refractivity contribution in [2.24, 2.45) is 0 Å². The zero-order chi connectivity index (χ0) is 17.3. The molecule has 7 nitrogen and oxygen atoms in total. The molecular weight excluding hydrogens is 328 g/mol. The second kappa shape index (κ2) is 6.56. The standard InChI is InChI=1S/C16H18N4O3S/c1-10-7-14(11(2)24-10)16(21)19-6-5-12(9-19)18-15-4-3-13(8-17-15)20(22)23/h3-4,7-8,12H,5-6,9H2,1-2H3,(H,17,18)/t12-/m1/s1. The number of nitro groups is 1. The molecule has 1 aliphatic heterocycles. The van der Waals surface area contributed by atoms with E-state index in [0.29, 0.717) is 18.9 Å². The van der Waals surface area contributed by atoms with Gasteiger partial charge in [0.05, 0.1) is 10.5 Å². The molecule has 126 valence electrons. The predicted octanol–water partition coefficient (Wildman–Crippen LogP) is 2.99. The molecule has 0 aromatic carbocycles. The molecule has 0 radical (unpaired) electrons. The van der Waals surface area contributed by atoms with E-state index < -0.39 is 4.92 Å². The summed E-state index contributed by atoms with van der Waals surface area (Å²) in [5, 5.41) is 13.9. The number of hydrogen-bond acceptors (Lipinski definition) is 6. The number of rotatable bonds is 4. The number of aromatic nitrogens is 1. The normalized spacial score (nSPS) is 17.1. The van der Waals surface area contributed by atoms with Crippen LogP contribution in [-0.4, -0.2) is 39.8 Å². The smallest absolute Gasteiger partial charge is 0.287 e. The Bertz CT molecular complexity index is 772. The van der Waals surface area contributed by atoms with Crippen LogP contribution in [0, 0.1) is 24.0 Å². The minimum atomic E-state index is -0.474. The third kappa shape index (κ3) is 3.38. The minimum absolute atomic E-state index is 0.0351. The van der Waals surface area contributed by atoms with Crippen LogP contribution in [0.2, 0.25) is 0 Å². The Hall–Kier alpha value is -2.48. The number of nitrogens with one attached hydrogen (secondary N) is 1. The van der Waals surface area contributed by atoms with E-state index in [0.717, 1.165) is 21.7 Å². The van der Waals surface area contributed by atoms with E-state index in [1.165, 1.54) is 12.3 Å². The Labute approximate surface area is 143 Å². The summed E-state index contributed by atoms with van der Waals surface area (Å²) in [6.07, 6.45) is 2.06. The van der Waals surface area contributed by atoms with Crippen LogP contribution in [-0.2, 0) is 0 Å². The summed E-state index contributed by atoms with van der Waals surface area (Å²) >= 11 is 1.64. The highest BCUT2D eigenvalue weighted by Gasteiger charge is 2.28. The zero-order valence-corrected chi connectivity index (χ0v) is 14.3. The van der Waals surface area contributed by atoms with Gasteiger partial charge in [-0.1, -0.05) is 0 Å². The summed E-state index contributed by atoms with van der Waals surface area (Å²) in [6.45, 7) is 5.27. The van der Waals surface area contributed by atoms with Crippen LogP contribution < -0.4 is 5.32 Å². The Morgan fingerprint density at radius 2 is 2.25 bits per heavy atom. The molecule has 24 heavy (non-hydrogen) atoms. The number of hydrogen-bond donors (Lipinski definition) is 1. The number of aryl methyl sites for hydroxylation is 2. The van der Waals surface area contributed by atoms with Gasteiger partial charge in [0.2, 0.25) is 0 Å². The largest absolute Gasteiger partial charge is 0.365 e. The molecule has 1 saturated heterocycles. The van der Waals surface area contributed by atoms with E-state index in [1.54, 1.807) is 17.4 Å². The Balaban J connectivity index is 1.62. The zero-order valence-electron chi connectivity index (χ0n) is 13.5. The van der Waals surface area contributed by atoms with Gasteiger partial charge in [0.1, 0.15) is 12.0 Å². The first-order valence-electron chi connectivity index (χ1n) is 7.67. The third-order valence-corrected chi connectivity index (χ3v) is 5.02. The molecule has 2 aromatic rings. The number of nitrogens with zero attached hydrogens (tertiary/aromatic N) is 3. The van der Waals surface area contributed by atoms with Crippen LogP contribution in [0.5, 0.6) is 0 Å². The summed E-state index contributed by atoms with van der Waals surface area (Å²) in [4.78, 5) is 30.9. The van der Waals surface area contributed by atoms with E-state index in [9.17, 15) is 14.9 Å². The van der Waals surface area contributed by atoms with E-state index in [2.05, 4.69) is 10.3 Å². The first-order valence-corrected chi connectivity index (χ1v) is 8.49. The van der Waals surface area contributed by atoms with E-state index in [4.69, 9.17) is 0 Å². The SMILES string of the molecule is Cc1cc(C(=O)N2CC[C@@H](Nc3ccc([N+](=O)[O-])cn3)C2)c(C)s1. The van der Waals surface area contributed by atoms with Crippen LogP contribution >= 0.6 is 11.3 Å². The maximum Gasteiger partial charge on any atom is 0.287 e. The van der Waals surface area contributed by atoms with Crippen LogP contribution in [0.4, 0.5) is 11.5 Å². The van der Waals surface area contributed by atoms with Crippen molar-refractivity contribution in [3.8, 4) is 0 Å². The Morgan fingerprint density at radius 3 is 2.83 bits per heavy atom. The van der Waals surface area contributed by atoms with E-state index in [-0.39, 0.29) is 17.6 Å². The lowest BCUT2D eigenvalue weighted by atomic mass is 10.2. The van der Waals surface area contributed by atoms with E-state index in [1.807, 2.05) is 24.8 Å². The lowest BCUT2D eigenvalue weighted by molar-refractivity contribution is -0.385. The molecule has 3 rings (SSSR count). The van der Waals surface area contributed by atoms with Crippen LogP contribution in [0.25, 0.3) is 0 Å². The number of amides is 1. The average Bonchev–Trinajstić information content (AvgIpc) is 3.13. The Kier molecular flexibility index (Phi) is 4.48. The fourth-order valence-corrected chi connectivity index (χ4v) is 3.78. The molecule has 1 fully saturated rings. The molecule has 3 heterocycles. The van der Waals surface area contributed by atoms with Crippen molar-refractivity contribution >= 4 is 28.7 Å². The van der Waals surface area contributed by atoms with Gasteiger partial charge in [0, 0.05) is 35.0 Å². The second-order valence-electron chi connectivity index (χ2n) is 5.87. The molecule has 1 amide bonds. The number of thiophene rings is 1. The van der Waals surface area contributed by atoms with Crippen molar-refractivity contribution in [2.75, 3.05) is 18.4 Å². The highest BCUT2D eigenvalue weighted by molar-refractivity contribution is 7.12. The lowest BCUT2D eigenvalue weighted by Crippen LogP contribution is -2.31. The molecule has 0 bridgehead atoms. The second-order valence-corrected chi connectivity index (χ2v) is 7.33. The summed E-state index contributed by atoms with van der Waals surface area (Å²) < 4.78 is 0. The van der Waals surface area contributed by atoms with Crippen LogP contribution in [0.1, 0.15) is 26.5 Å². The highest BCUT2D eigenvalue weighted by Crippen LogP contribution is 2.24. The number of anilines is 1. The van der Waals surface area contributed by atoms with Crippen LogP contribution in [0.15, 0.2) is 24.4 Å². The quantitative estimate of drug-likeness (QED) is 0.679. The number of likely N-dealkylation sites (tertiary alicyclic amines) is 1. The van der Waals surface area contributed by atoms with Gasteiger partial charge in [-0.2, -0.15) is 0 Å². The molecule has 1 N–H and O–H groups in total. The summed E-state index contributed by atoms with van der Waals surface area (Å²) in [7, 11) is 0. The fraction of sp³-hybridized carbons (Fsp3) is 0.375. The topological polar surface area (TPSA) is 88.4 Å². The Morgan fingerprint density at radius 1 is 1.46 bits per heavy atom. The van der Waals surface area contributed by atoms with Gasteiger partial charge in [-0.15, -0.1) is 11.3 Å². The monoisotopic (exact) mass is 346 g/mol. The molecule has 1 atom stereocenters. The van der Waals surface area contributed by atoms with E-state index >= 15 is 0 Å². The highest BCUT2D eigenvalue weighted by atomic mass is 32.1. The average molecular weight is 346 g/mol. The number of carbonyl (C=O) groups is 1. The fourth-order valence-electron chi connectivity index (χ4n) is 2.86. The first kappa shape index (κ1) is 16.4. The number of pyridine rings is 1. The molecule has 0 aliphatic carbocycles. The van der Waals surface area contributed by atoms with Crippen LogP contribution in [0.3, 0.4) is 0 Å². The maximum atomic E-state index is 12.6. The predicted molar refractivity (Wildman–Crippen MR) is 92.6 cm³/mol. The van der Waals surface area contributed by atoms with Crippen molar-refractivity contribution in [3.05, 3.63) is 49.8 Å². The maximum absolute atomic E-state index is 12.6. The minimum Gasteiger partial charge on any atom is -0.365 e. The van der Waals surface area contributed by atoms with Crippen molar-refractivity contribution in [1.82, 2.24) is 9.88 Å². The van der Waals surface area contributed by atoms with Crippen molar-refractivity contribution < 1.29 is 9.72 Å². The molecule has 0 saturated carbocycles. The molecule has 1 aliphatic rings. The van der Waals surface area contributed by atoms with Gasteiger partial charge in [-0.05, 0) is 32.4 Å². The molecule has 2 aromatic heterocycles. The van der Waals surface area contributed by atoms with Gasteiger partial charge >= 0.3 is 0 Å². The molecule has 0 unspecified atom stereocenters. The number of carbonyl (C=O) groups excluding carboxylic acids is 1. The molecule has 8 heteroatoms. The first-order chi connectivity index (χ1) is 11.4. The third-order valence-electron chi connectivity index (χ3n) is 4.06. The van der Waals surface area contributed by atoms with Gasteiger partial charge in [0.25, 0.3) is 11.6 Å². The van der Waals surface area contributed by atoms with Gasteiger partial charge in [-0.3, -0.25) is 14.9 Å². The summed E-state index contributed by atoms with van der Waals surface area (Å²) in [5.41, 5.74) is 0.749. The summed E-state index contributed by atoms with van der Waals surface area (Å²) in [5.74, 6) is 0.653. The lowest BCUT2D eigenvalue weighted by Gasteiger charge is -2.17. The molecular formula is C16H18N4O3S. The van der Waals surface area contributed by atoms with Gasteiger partial charge in [-0.25, -0.2) is 4.98 Å². The van der Waals surface area contributed by atoms with Crippen molar-refractivity contribution in [1.29, 1.82) is 0 Å².